The Hall–Kier alpha value is -4.20. The minimum atomic E-state index is -0.642. The fourth-order valence-corrected chi connectivity index (χ4v) is 6.78. The van der Waals surface area contributed by atoms with Gasteiger partial charge in [0.05, 0.1) is 34.6 Å². The van der Waals surface area contributed by atoms with Crippen LogP contribution in [0, 0.1) is 18.3 Å². The molecule has 0 radical (unpaired) electrons. The van der Waals surface area contributed by atoms with Gasteiger partial charge in [0.1, 0.15) is 23.5 Å². The van der Waals surface area contributed by atoms with Crippen LogP contribution in [0.1, 0.15) is 45.6 Å². The standard InChI is InChI=1S/C35H40ClN7O3/c1-22-9-6-10-23-11-7-13-26(28(22)23)30-29(36)31-27(19-38-30)32(40-33(39-31)45-21-25-12-8-16-41(25)5)42-17-18-43(24(20-42)14-15-37)34(44)46-35(2,3)4/h6-7,9-11,13,19,24-25H,8,12,14,16-18,20-21H2,1-5H3/t24-,25?/m0/s1. The lowest BCUT2D eigenvalue weighted by Crippen LogP contribution is -2.56. The van der Waals surface area contributed by atoms with Gasteiger partial charge in [-0.3, -0.25) is 4.98 Å². The smallest absolute Gasteiger partial charge is 0.410 e. The third-order valence-electron chi connectivity index (χ3n) is 8.83. The maximum Gasteiger partial charge on any atom is 0.410 e. The topological polar surface area (TPSA) is 108 Å². The fourth-order valence-electron chi connectivity index (χ4n) is 6.49. The first kappa shape index (κ1) is 31.8. The summed E-state index contributed by atoms with van der Waals surface area (Å²) in [7, 11) is 2.11. The predicted molar refractivity (Wildman–Crippen MR) is 180 cm³/mol. The molecule has 1 amide bonds. The van der Waals surface area contributed by atoms with Crippen LogP contribution in [0.3, 0.4) is 0 Å². The highest BCUT2D eigenvalue weighted by molar-refractivity contribution is 6.38. The summed E-state index contributed by atoms with van der Waals surface area (Å²) in [6.45, 7) is 10.3. The van der Waals surface area contributed by atoms with E-state index in [1.165, 1.54) is 0 Å². The monoisotopic (exact) mass is 641 g/mol. The van der Waals surface area contributed by atoms with E-state index >= 15 is 0 Å². The SMILES string of the molecule is Cc1cccc2cccc(-c3ncc4c(N5CCN(C(=O)OC(C)(C)C)[C@@H](CC#N)C5)nc(OCC5CCCN5C)nc4c3Cl)c12. The number of carbonyl (C=O) groups excluding carboxylic acids is 1. The average Bonchev–Trinajstić information content (AvgIpc) is 3.43. The maximum absolute atomic E-state index is 13.1. The van der Waals surface area contributed by atoms with Crippen LogP contribution in [0.2, 0.25) is 5.02 Å². The number of likely N-dealkylation sites (N-methyl/N-ethyl adjacent to an activating group) is 1. The summed E-state index contributed by atoms with van der Waals surface area (Å²) < 4.78 is 11.9. The predicted octanol–water partition coefficient (Wildman–Crippen LogP) is 6.62. The molecule has 0 bridgehead atoms. The van der Waals surface area contributed by atoms with Gasteiger partial charge in [0.25, 0.3) is 0 Å². The van der Waals surface area contributed by atoms with Crippen LogP contribution in [0.5, 0.6) is 6.01 Å². The second-order valence-electron chi connectivity index (χ2n) is 13.2. The average molecular weight is 642 g/mol. The molecule has 46 heavy (non-hydrogen) atoms. The number of ether oxygens (including phenoxy) is 2. The van der Waals surface area contributed by atoms with Crippen molar-refractivity contribution in [1.29, 1.82) is 5.26 Å². The second kappa shape index (κ2) is 12.9. The van der Waals surface area contributed by atoms with E-state index in [0.29, 0.717) is 53.7 Å². The van der Waals surface area contributed by atoms with E-state index in [1.54, 1.807) is 11.1 Å². The zero-order valence-electron chi connectivity index (χ0n) is 27.1. The van der Waals surface area contributed by atoms with Gasteiger partial charge in [0, 0.05) is 37.4 Å². The molecule has 2 aliphatic heterocycles. The van der Waals surface area contributed by atoms with Crippen LogP contribution in [0.25, 0.3) is 32.9 Å². The summed E-state index contributed by atoms with van der Waals surface area (Å²) >= 11 is 7.22. The zero-order chi connectivity index (χ0) is 32.6. The van der Waals surface area contributed by atoms with Crippen molar-refractivity contribution >= 4 is 45.2 Å². The van der Waals surface area contributed by atoms with Crippen molar-refractivity contribution in [1.82, 2.24) is 24.8 Å². The number of carbonyl (C=O) groups is 1. The summed E-state index contributed by atoms with van der Waals surface area (Å²) in [5.41, 5.74) is 2.60. The Morgan fingerprint density at radius 2 is 1.89 bits per heavy atom. The Labute approximate surface area is 274 Å². The van der Waals surface area contributed by atoms with Crippen molar-refractivity contribution in [2.24, 2.45) is 0 Å². The Bertz CT molecular complexity index is 1810. The van der Waals surface area contributed by atoms with Crippen molar-refractivity contribution in [3.63, 3.8) is 0 Å². The first-order chi connectivity index (χ1) is 22.0. The molecule has 4 heterocycles. The highest BCUT2D eigenvalue weighted by Crippen LogP contribution is 2.39. The Morgan fingerprint density at radius 1 is 1.11 bits per heavy atom. The van der Waals surface area contributed by atoms with Gasteiger partial charge in [-0.05, 0) is 70.5 Å². The van der Waals surface area contributed by atoms with Crippen molar-refractivity contribution in [3.05, 3.63) is 53.2 Å². The first-order valence-corrected chi connectivity index (χ1v) is 16.2. The molecular formula is C35H40ClN7O3. The van der Waals surface area contributed by atoms with E-state index in [0.717, 1.165) is 41.3 Å². The van der Waals surface area contributed by atoms with Gasteiger partial charge in [-0.2, -0.15) is 15.2 Å². The summed E-state index contributed by atoms with van der Waals surface area (Å²) in [5.74, 6) is 0.613. The molecule has 2 aromatic carbocycles. The zero-order valence-corrected chi connectivity index (χ0v) is 27.8. The summed E-state index contributed by atoms with van der Waals surface area (Å²) in [4.78, 5) is 33.7. The van der Waals surface area contributed by atoms with Crippen LogP contribution in [0.4, 0.5) is 10.6 Å². The van der Waals surface area contributed by atoms with Crippen LogP contribution in [-0.2, 0) is 4.74 Å². The number of aromatic nitrogens is 3. The van der Waals surface area contributed by atoms with Crippen molar-refractivity contribution in [3.8, 4) is 23.3 Å². The number of hydrogen-bond acceptors (Lipinski definition) is 9. The molecule has 2 fully saturated rings. The lowest BCUT2D eigenvalue weighted by Gasteiger charge is -2.41. The van der Waals surface area contributed by atoms with E-state index < -0.39 is 17.7 Å². The molecule has 6 rings (SSSR count). The minimum absolute atomic E-state index is 0.152. The van der Waals surface area contributed by atoms with Gasteiger partial charge in [-0.15, -0.1) is 0 Å². The molecule has 1 unspecified atom stereocenters. The van der Waals surface area contributed by atoms with Crippen molar-refractivity contribution < 1.29 is 14.3 Å². The molecule has 11 heteroatoms. The number of amides is 1. The normalized spacial score (nSPS) is 19.1. The molecule has 4 aromatic rings. The molecular weight excluding hydrogens is 602 g/mol. The number of aryl methyl sites for hydroxylation is 1. The number of likely N-dealkylation sites (tertiary alicyclic amines) is 1. The van der Waals surface area contributed by atoms with Gasteiger partial charge in [-0.1, -0.05) is 48.0 Å². The Morgan fingerprint density at radius 3 is 2.61 bits per heavy atom. The summed E-state index contributed by atoms with van der Waals surface area (Å²) in [6, 6.07) is 14.7. The highest BCUT2D eigenvalue weighted by atomic mass is 35.5. The molecule has 2 aromatic heterocycles. The van der Waals surface area contributed by atoms with Gasteiger partial charge in [0.15, 0.2) is 0 Å². The van der Waals surface area contributed by atoms with E-state index in [-0.39, 0.29) is 18.5 Å². The molecule has 2 atom stereocenters. The van der Waals surface area contributed by atoms with Crippen molar-refractivity contribution in [2.75, 3.05) is 44.7 Å². The molecule has 2 aliphatic rings. The fraction of sp³-hybridized carbons (Fsp3) is 0.457. The van der Waals surface area contributed by atoms with Gasteiger partial charge in [0.2, 0.25) is 0 Å². The number of piperazine rings is 1. The molecule has 0 spiro atoms. The number of hydrogen-bond donors (Lipinski definition) is 0. The maximum atomic E-state index is 13.1. The molecule has 2 saturated heterocycles. The van der Waals surface area contributed by atoms with Crippen LogP contribution in [0.15, 0.2) is 42.6 Å². The molecule has 0 aliphatic carbocycles. The van der Waals surface area contributed by atoms with Gasteiger partial charge < -0.3 is 24.2 Å². The second-order valence-corrected chi connectivity index (χ2v) is 13.6. The van der Waals surface area contributed by atoms with Crippen LogP contribution in [-0.4, -0.2) is 88.4 Å². The number of benzene rings is 2. The number of halogens is 1. The van der Waals surface area contributed by atoms with Gasteiger partial charge >= 0.3 is 12.1 Å². The minimum Gasteiger partial charge on any atom is -0.462 e. The van der Waals surface area contributed by atoms with E-state index in [1.807, 2.05) is 39.0 Å². The van der Waals surface area contributed by atoms with Crippen LogP contribution >= 0.6 is 11.6 Å². The summed E-state index contributed by atoms with van der Waals surface area (Å²) in [6.07, 6.45) is 3.68. The van der Waals surface area contributed by atoms with Crippen molar-refractivity contribution in [2.45, 2.75) is 64.6 Å². The van der Waals surface area contributed by atoms with Crippen LogP contribution < -0.4 is 9.64 Å². The largest absolute Gasteiger partial charge is 0.462 e. The van der Waals surface area contributed by atoms with Gasteiger partial charge in [-0.25, -0.2) is 4.79 Å². The van der Waals surface area contributed by atoms with E-state index in [4.69, 9.17) is 36.0 Å². The Balaban J connectivity index is 1.42. The summed E-state index contributed by atoms with van der Waals surface area (Å²) in [5, 5.41) is 13.0. The highest BCUT2D eigenvalue weighted by Gasteiger charge is 2.35. The number of fused-ring (bicyclic) bond motifs is 2. The molecule has 0 N–H and O–H groups in total. The lowest BCUT2D eigenvalue weighted by atomic mass is 9.97. The molecule has 10 nitrogen and oxygen atoms in total. The number of anilines is 1. The third kappa shape index (κ3) is 6.39. The molecule has 0 saturated carbocycles. The first-order valence-electron chi connectivity index (χ1n) is 15.8. The van der Waals surface area contributed by atoms with E-state index in [9.17, 15) is 10.1 Å². The number of rotatable bonds is 6. The molecule has 240 valence electrons. The number of pyridine rings is 1. The lowest BCUT2D eigenvalue weighted by molar-refractivity contribution is 0.0145. The Kier molecular flexibility index (Phi) is 8.90. The third-order valence-corrected chi connectivity index (χ3v) is 9.18. The van der Waals surface area contributed by atoms with E-state index in [2.05, 4.69) is 48.0 Å². The number of nitrogens with zero attached hydrogens (tertiary/aromatic N) is 7. The number of nitriles is 1. The quantitative estimate of drug-likeness (QED) is 0.229.